The predicted molar refractivity (Wildman–Crippen MR) is 81.5 cm³/mol. The molecular formula is C17H20N2O3. The molecule has 3 rings (SSSR count). The highest BCUT2D eigenvalue weighted by Crippen LogP contribution is 2.38. The van der Waals surface area contributed by atoms with Gasteiger partial charge in [-0.15, -0.1) is 0 Å². The Morgan fingerprint density at radius 1 is 1.41 bits per heavy atom. The van der Waals surface area contributed by atoms with Crippen LogP contribution in [0.15, 0.2) is 40.9 Å². The van der Waals surface area contributed by atoms with E-state index in [4.69, 9.17) is 9.26 Å². The number of nitrogens with zero attached hydrogens (tertiary/aromatic N) is 2. The van der Waals surface area contributed by atoms with Crippen molar-refractivity contribution in [3.05, 3.63) is 53.4 Å². The SMILES string of the molecule is Cc1cc([C@]2(COC(=O)c3ccccc3)CCCN2C)on1. The van der Waals surface area contributed by atoms with Gasteiger partial charge in [0.15, 0.2) is 5.76 Å². The van der Waals surface area contributed by atoms with E-state index < -0.39 is 5.54 Å². The maximum atomic E-state index is 12.2. The lowest BCUT2D eigenvalue weighted by Gasteiger charge is -2.33. The first-order valence-electron chi connectivity index (χ1n) is 7.49. The lowest BCUT2D eigenvalue weighted by atomic mass is 9.94. The van der Waals surface area contributed by atoms with E-state index in [1.807, 2.05) is 38.2 Å². The second kappa shape index (κ2) is 5.93. The summed E-state index contributed by atoms with van der Waals surface area (Å²) in [6.07, 6.45) is 1.93. The second-order valence-corrected chi connectivity index (χ2v) is 5.83. The number of carbonyl (C=O) groups is 1. The third kappa shape index (κ3) is 2.64. The molecule has 0 amide bonds. The fraction of sp³-hybridized carbons (Fsp3) is 0.412. The van der Waals surface area contributed by atoms with Crippen LogP contribution in [0.4, 0.5) is 0 Å². The molecule has 1 aromatic heterocycles. The second-order valence-electron chi connectivity index (χ2n) is 5.83. The number of likely N-dealkylation sites (tertiary alicyclic amines) is 1. The fourth-order valence-corrected chi connectivity index (χ4v) is 3.00. The molecule has 1 fully saturated rings. The van der Waals surface area contributed by atoms with Gasteiger partial charge in [-0.25, -0.2) is 4.79 Å². The number of aromatic nitrogens is 1. The smallest absolute Gasteiger partial charge is 0.338 e. The molecular weight excluding hydrogens is 280 g/mol. The van der Waals surface area contributed by atoms with E-state index in [-0.39, 0.29) is 12.6 Å². The molecule has 1 atom stereocenters. The predicted octanol–water partition coefficient (Wildman–Crippen LogP) is 2.76. The molecule has 116 valence electrons. The van der Waals surface area contributed by atoms with Crippen LogP contribution in [0.25, 0.3) is 0 Å². The number of carbonyl (C=O) groups excluding carboxylic acids is 1. The molecule has 0 radical (unpaired) electrons. The summed E-state index contributed by atoms with van der Waals surface area (Å²) >= 11 is 0. The van der Waals surface area contributed by atoms with Crippen LogP contribution in [-0.4, -0.2) is 36.2 Å². The zero-order valence-corrected chi connectivity index (χ0v) is 12.9. The van der Waals surface area contributed by atoms with Gasteiger partial charge >= 0.3 is 5.97 Å². The zero-order valence-electron chi connectivity index (χ0n) is 12.9. The Morgan fingerprint density at radius 2 is 2.18 bits per heavy atom. The summed E-state index contributed by atoms with van der Waals surface area (Å²) in [4.78, 5) is 14.4. The van der Waals surface area contributed by atoms with Crippen molar-refractivity contribution in [3.63, 3.8) is 0 Å². The Morgan fingerprint density at radius 3 is 2.77 bits per heavy atom. The van der Waals surface area contributed by atoms with Gasteiger partial charge in [0.25, 0.3) is 0 Å². The quantitative estimate of drug-likeness (QED) is 0.813. The van der Waals surface area contributed by atoms with Gasteiger partial charge in [-0.3, -0.25) is 4.90 Å². The van der Waals surface area contributed by atoms with Gasteiger partial charge in [0.1, 0.15) is 12.1 Å². The first kappa shape index (κ1) is 14.8. The van der Waals surface area contributed by atoms with E-state index in [1.165, 1.54) is 0 Å². The van der Waals surface area contributed by atoms with Crippen LogP contribution in [0, 0.1) is 6.92 Å². The summed E-state index contributed by atoms with van der Waals surface area (Å²) in [6.45, 7) is 3.11. The summed E-state index contributed by atoms with van der Waals surface area (Å²) in [5, 5.41) is 3.98. The fourth-order valence-electron chi connectivity index (χ4n) is 3.00. The zero-order chi connectivity index (χ0) is 15.6. The minimum atomic E-state index is -0.411. The molecule has 0 aliphatic carbocycles. The van der Waals surface area contributed by atoms with Crippen molar-refractivity contribution < 1.29 is 14.1 Å². The van der Waals surface area contributed by atoms with Gasteiger partial charge in [0, 0.05) is 6.07 Å². The molecule has 1 aliphatic heterocycles. The van der Waals surface area contributed by atoms with Gasteiger partial charge in [0.2, 0.25) is 0 Å². The lowest BCUT2D eigenvalue weighted by Crippen LogP contribution is -2.43. The molecule has 0 N–H and O–H groups in total. The van der Waals surface area contributed by atoms with E-state index >= 15 is 0 Å². The van der Waals surface area contributed by atoms with Gasteiger partial charge < -0.3 is 9.26 Å². The lowest BCUT2D eigenvalue weighted by molar-refractivity contribution is 0.0105. The van der Waals surface area contributed by atoms with Gasteiger partial charge in [-0.2, -0.15) is 0 Å². The van der Waals surface area contributed by atoms with Crippen molar-refractivity contribution in [2.75, 3.05) is 20.2 Å². The van der Waals surface area contributed by atoms with Crippen molar-refractivity contribution >= 4 is 5.97 Å². The number of esters is 1. The molecule has 0 bridgehead atoms. The maximum Gasteiger partial charge on any atom is 0.338 e. The molecule has 5 nitrogen and oxygen atoms in total. The standard InChI is InChI=1S/C17H20N2O3/c1-13-11-15(22-18-13)17(9-6-10-19(17)2)12-21-16(20)14-7-4-3-5-8-14/h3-5,7-8,11H,6,9-10,12H2,1-2H3/t17-/m1/s1. The molecule has 2 aromatic rings. The van der Waals surface area contributed by atoms with Gasteiger partial charge in [-0.1, -0.05) is 23.4 Å². The minimum absolute atomic E-state index is 0.270. The first-order valence-corrected chi connectivity index (χ1v) is 7.49. The minimum Gasteiger partial charge on any atom is -0.460 e. The first-order chi connectivity index (χ1) is 10.6. The van der Waals surface area contributed by atoms with Crippen molar-refractivity contribution in [1.29, 1.82) is 0 Å². The summed E-state index contributed by atoms with van der Waals surface area (Å²) in [5.41, 5.74) is 0.988. The van der Waals surface area contributed by atoms with E-state index in [9.17, 15) is 4.79 Å². The number of hydrogen-bond acceptors (Lipinski definition) is 5. The highest BCUT2D eigenvalue weighted by Gasteiger charge is 2.45. The average Bonchev–Trinajstić information content (AvgIpc) is 3.13. The van der Waals surface area contributed by atoms with Crippen molar-refractivity contribution in [2.24, 2.45) is 0 Å². The molecule has 2 heterocycles. The Balaban J connectivity index is 1.79. The Bertz CT molecular complexity index is 653. The number of likely N-dealkylation sites (N-methyl/N-ethyl adjacent to an activating group) is 1. The van der Waals surface area contributed by atoms with Crippen LogP contribution >= 0.6 is 0 Å². The van der Waals surface area contributed by atoms with Crippen LogP contribution in [-0.2, 0) is 10.3 Å². The number of benzene rings is 1. The monoisotopic (exact) mass is 300 g/mol. The van der Waals surface area contributed by atoms with Gasteiger partial charge in [-0.05, 0) is 45.5 Å². The largest absolute Gasteiger partial charge is 0.460 e. The summed E-state index contributed by atoms with van der Waals surface area (Å²) in [7, 11) is 2.03. The van der Waals surface area contributed by atoms with Crippen LogP contribution in [0.1, 0.15) is 34.7 Å². The topological polar surface area (TPSA) is 55.6 Å². The maximum absolute atomic E-state index is 12.2. The summed E-state index contributed by atoms with van der Waals surface area (Å²) < 4.78 is 11.1. The molecule has 1 aromatic carbocycles. The highest BCUT2D eigenvalue weighted by atomic mass is 16.5. The van der Waals surface area contributed by atoms with Crippen LogP contribution in [0.5, 0.6) is 0 Å². The highest BCUT2D eigenvalue weighted by molar-refractivity contribution is 5.89. The molecule has 1 aliphatic rings. The van der Waals surface area contributed by atoms with Gasteiger partial charge in [0.05, 0.1) is 11.3 Å². The number of rotatable bonds is 4. The van der Waals surface area contributed by atoms with Crippen LogP contribution < -0.4 is 0 Å². The Hall–Kier alpha value is -2.14. The third-order valence-corrected chi connectivity index (χ3v) is 4.35. The van der Waals surface area contributed by atoms with Crippen molar-refractivity contribution in [3.8, 4) is 0 Å². The van der Waals surface area contributed by atoms with E-state index in [1.54, 1.807) is 12.1 Å². The number of aryl methyl sites for hydroxylation is 1. The van der Waals surface area contributed by atoms with E-state index in [0.717, 1.165) is 30.8 Å². The third-order valence-electron chi connectivity index (χ3n) is 4.35. The molecule has 22 heavy (non-hydrogen) atoms. The van der Waals surface area contributed by atoms with Crippen LogP contribution in [0.3, 0.4) is 0 Å². The summed E-state index contributed by atoms with van der Waals surface area (Å²) in [6, 6.07) is 11.0. The van der Waals surface area contributed by atoms with E-state index in [0.29, 0.717) is 5.56 Å². The van der Waals surface area contributed by atoms with Crippen molar-refractivity contribution in [2.45, 2.75) is 25.3 Å². The molecule has 0 saturated carbocycles. The molecule has 0 spiro atoms. The molecule has 5 heteroatoms. The Labute approximate surface area is 129 Å². The number of hydrogen-bond donors (Lipinski definition) is 0. The normalized spacial score (nSPS) is 21.9. The molecule has 1 saturated heterocycles. The van der Waals surface area contributed by atoms with Crippen LogP contribution in [0.2, 0.25) is 0 Å². The Kier molecular flexibility index (Phi) is 3.98. The van der Waals surface area contributed by atoms with Crippen molar-refractivity contribution in [1.82, 2.24) is 10.1 Å². The number of ether oxygens (including phenoxy) is 1. The summed E-state index contributed by atoms with van der Waals surface area (Å²) in [5.74, 6) is 0.461. The molecule has 0 unspecified atom stereocenters. The average molecular weight is 300 g/mol. The van der Waals surface area contributed by atoms with E-state index in [2.05, 4.69) is 10.1 Å².